The van der Waals surface area contributed by atoms with Gasteiger partial charge in [0.15, 0.2) is 6.61 Å². The number of carbonyl (C=O) groups excluding carboxylic acids is 3. The predicted molar refractivity (Wildman–Crippen MR) is 114 cm³/mol. The van der Waals surface area contributed by atoms with Gasteiger partial charge in [0, 0.05) is 25.5 Å². The summed E-state index contributed by atoms with van der Waals surface area (Å²) < 4.78 is 5.16. The highest BCUT2D eigenvalue weighted by Gasteiger charge is 2.16. The van der Waals surface area contributed by atoms with Crippen molar-refractivity contribution in [3.8, 4) is 0 Å². The number of hydrogen-bond donors (Lipinski definition) is 1. The Kier molecular flexibility index (Phi) is 8.73. The molecule has 0 aliphatic heterocycles. The molecule has 154 valence electrons. The molecule has 0 fully saturated rings. The predicted octanol–water partition coefficient (Wildman–Crippen LogP) is 2.94. The van der Waals surface area contributed by atoms with Crippen molar-refractivity contribution in [3.63, 3.8) is 0 Å². The summed E-state index contributed by atoms with van der Waals surface area (Å²) in [6.45, 7) is 2.12. The van der Waals surface area contributed by atoms with E-state index < -0.39 is 5.97 Å². The van der Waals surface area contributed by atoms with Crippen molar-refractivity contribution >= 4 is 29.5 Å². The van der Waals surface area contributed by atoms with Crippen molar-refractivity contribution in [3.05, 3.63) is 65.7 Å². The van der Waals surface area contributed by atoms with Gasteiger partial charge in [-0.1, -0.05) is 49.4 Å². The largest absolute Gasteiger partial charge is 0.452 e. The lowest BCUT2D eigenvalue weighted by Crippen LogP contribution is -2.31. The molecule has 0 bridgehead atoms. The molecule has 7 heteroatoms. The number of amides is 2. The van der Waals surface area contributed by atoms with E-state index in [0.717, 1.165) is 5.56 Å². The van der Waals surface area contributed by atoms with Crippen LogP contribution < -0.4 is 5.32 Å². The van der Waals surface area contributed by atoms with Crippen LogP contribution in [-0.4, -0.2) is 55.7 Å². The van der Waals surface area contributed by atoms with Crippen molar-refractivity contribution < 1.29 is 19.1 Å². The van der Waals surface area contributed by atoms with E-state index in [0.29, 0.717) is 17.0 Å². The van der Waals surface area contributed by atoms with Crippen LogP contribution >= 0.6 is 11.8 Å². The van der Waals surface area contributed by atoms with E-state index in [1.807, 2.05) is 37.3 Å². The van der Waals surface area contributed by atoms with Gasteiger partial charge >= 0.3 is 5.97 Å². The Morgan fingerprint density at radius 1 is 1.03 bits per heavy atom. The molecular formula is C22H26N2O4S. The Balaban J connectivity index is 1.84. The van der Waals surface area contributed by atoms with Gasteiger partial charge in [-0.15, -0.1) is 11.8 Å². The number of ether oxygens (including phenoxy) is 1. The smallest absolute Gasteiger partial charge is 0.339 e. The van der Waals surface area contributed by atoms with Crippen LogP contribution in [0, 0.1) is 0 Å². The lowest BCUT2D eigenvalue weighted by molar-refractivity contribution is -0.126. The van der Waals surface area contributed by atoms with Gasteiger partial charge in [0.25, 0.3) is 5.91 Å². The molecule has 0 saturated heterocycles. The molecular weight excluding hydrogens is 388 g/mol. The summed E-state index contributed by atoms with van der Waals surface area (Å²) in [5.41, 5.74) is 1.47. The topological polar surface area (TPSA) is 75.7 Å². The van der Waals surface area contributed by atoms with Crippen LogP contribution in [0.5, 0.6) is 0 Å². The third-order valence-corrected chi connectivity index (χ3v) is 5.32. The lowest BCUT2D eigenvalue weighted by Gasteiger charge is -2.14. The molecule has 0 aliphatic carbocycles. The van der Waals surface area contributed by atoms with Crippen molar-refractivity contribution in [2.24, 2.45) is 0 Å². The van der Waals surface area contributed by atoms with Crippen LogP contribution in [0.15, 0.2) is 59.5 Å². The molecule has 2 aromatic rings. The first-order chi connectivity index (χ1) is 13.9. The van der Waals surface area contributed by atoms with Crippen LogP contribution in [0.2, 0.25) is 0 Å². The van der Waals surface area contributed by atoms with Crippen LogP contribution in [0.3, 0.4) is 0 Å². The van der Waals surface area contributed by atoms with E-state index in [9.17, 15) is 14.4 Å². The van der Waals surface area contributed by atoms with Gasteiger partial charge in [0.1, 0.15) is 0 Å². The van der Waals surface area contributed by atoms with Gasteiger partial charge in [-0.25, -0.2) is 4.79 Å². The van der Waals surface area contributed by atoms with Crippen LogP contribution in [0.25, 0.3) is 0 Å². The highest BCUT2D eigenvalue weighted by molar-refractivity contribution is 8.00. The van der Waals surface area contributed by atoms with Crippen LogP contribution in [0.1, 0.15) is 28.8 Å². The fourth-order valence-corrected chi connectivity index (χ4v) is 3.47. The minimum Gasteiger partial charge on any atom is -0.452 e. The van der Waals surface area contributed by atoms with Gasteiger partial charge in [0.2, 0.25) is 5.91 Å². The Morgan fingerprint density at radius 3 is 2.38 bits per heavy atom. The van der Waals surface area contributed by atoms with Gasteiger partial charge < -0.3 is 15.0 Å². The Bertz CT molecular complexity index is 840. The second-order valence-electron chi connectivity index (χ2n) is 6.76. The molecule has 0 aromatic heterocycles. The fourth-order valence-electron chi connectivity index (χ4n) is 2.46. The average Bonchev–Trinajstić information content (AvgIpc) is 2.74. The molecule has 0 radical (unpaired) electrons. The maximum Gasteiger partial charge on any atom is 0.339 e. The van der Waals surface area contributed by atoms with E-state index >= 15 is 0 Å². The summed E-state index contributed by atoms with van der Waals surface area (Å²) in [5.74, 6) is -0.618. The van der Waals surface area contributed by atoms with E-state index in [-0.39, 0.29) is 30.1 Å². The number of nitrogens with zero attached hydrogens (tertiary/aromatic N) is 1. The van der Waals surface area contributed by atoms with E-state index in [1.165, 1.54) is 16.7 Å². The number of hydrogen-bond acceptors (Lipinski definition) is 5. The molecule has 6 nitrogen and oxygen atoms in total. The van der Waals surface area contributed by atoms with Gasteiger partial charge in [0.05, 0.1) is 11.3 Å². The number of thioether (sulfide) groups is 1. The summed E-state index contributed by atoms with van der Waals surface area (Å²) in [4.78, 5) is 38.4. The van der Waals surface area contributed by atoms with E-state index in [1.54, 1.807) is 38.4 Å². The molecule has 1 N–H and O–H groups in total. The summed E-state index contributed by atoms with van der Waals surface area (Å²) in [7, 11) is 3.36. The summed E-state index contributed by atoms with van der Waals surface area (Å²) >= 11 is 1.27. The molecule has 0 aliphatic rings. The van der Waals surface area contributed by atoms with E-state index in [2.05, 4.69) is 5.32 Å². The normalized spacial score (nSPS) is 11.4. The van der Waals surface area contributed by atoms with Crippen molar-refractivity contribution in [2.75, 3.05) is 33.0 Å². The first kappa shape index (κ1) is 22.5. The third-order valence-electron chi connectivity index (χ3n) is 4.27. The Hall–Kier alpha value is -2.80. The molecule has 0 spiro atoms. The van der Waals surface area contributed by atoms with Crippen LogP contribution in [0.4, 0.5) is 0 Å². The molecule has 0 heterocycles. The zero-order chi connectivity index (χ0) is 21.2. The lowest BCUT2D eigenvalue weighted by atomic mass is 10.0. The molecule has 29 heavy (non-hydrogen) atoms. The second kappa shape index (κ2) is 11.3. The molecule has 2 rings (SSSR count). The number of esters is 1. The SMILES string of the molecule is C[C@@H](CNC(=O)COC(=O)c1ccccc1SCC(=O)N(C)C)c1ccccc1. The zero-order valence-electron chi connectivity index (χ0n) is 16.9. The molecule has 2 aromatic carbocycles. The molecule has 1 atom stereocenters. The van der Waals surface area contributed by atoms with Crippen molar-refractivity contribution in [1.29, 1.82) is 0 Å². The van der Waals surface area contributed by atoms with Crippen LogP contribution in [-0.2, 0) is 14.3 Å². The number of benzene rings is 2. The fraction of sp³-hybridized carbons (Fsp3) is 0.318. The second-order valence-corrected chi connectivity index (χ2v) is 7.78. The standard InChI is InChI=1S/C22H26N2O4S/c1-16(17-9-5-4-6-10-17)13-23-20(25)14-28-22(27)18-11-7-8-12-19(18)29-15-21(26)24(2)3/h4-12,16H,13-15H2,1-3H3,(H,23,25)/t16-/m0/s1. The Labute approximate surface area is 175 Å². The molecule has 0 unspecified atom stereocenters. The van der Waals surface area contributed by atoms with Crippen molar-refractivity contribution in [2.45, 2.75) is 17.7 Å². The minimum atomic E-state index is -0.586. The number of nitrogens with one attached hydrogen (secondary N) is 1. The average molecular weight is 415 g/mol. The number of rotatable bonds is 9. The third kappa shape index (κ3) is 7.27. The highest BCUT2D eigenvalue weighted by atomic mass is 32.2. The first-order valence-corrected chi connectivity index (χ1v) is 10.3. The zero-order valence-corrected chi connectivity index (χ0v) is 17.7. The summed E-state index contributed by atoms with van der Waals surface area (Å²) in [5, 5.41) is 2.78. The van der Waals surface area contributed by atoms with E-state index in [4.69, 9.17) is 4.74 Å². The summed E-state index contributed by atoms with van der Waals surface area (Å²) in [6.07, 6.45) is 0. The quantitative estimate of drug-likeness (QED) is 0.504. The van der Waals surface area contributed by atoms with Gasteiger partial charge in [-0.2, -0.15) is 0 Å². The maximum absolute atomic E-state index is 12.4. The Morgan fingerprint density at radius 2 is 1.69 bits per heavy atom. The first-order valence-electron chi connectivity index (χ1n) is 9.29. The highest BCUT2D eigenvalue weighted by Crippen LogP contribution is 2.23. The monoisotopic (exact) mass is 414 g/mol. The van der Waals surface area contributed by atoms with Crippen molar-refractivity contribution in [1.82, 2.24) is 10.2 Å². The molecule has 0 saturated carbocycles. The van der Waals surface area contributed by atoms with Gasteiger partial charge in [-0.3, -0.25) is 9.59 Å². The maximum atomic E-state index is 12.4. The molecule has 2 amide bonds. The van der Waals surface area contributed by atoms with Gasteiger partial charge in [-0.05, 0) is 23.6 Å². The minimum absolute atomic E-state index is 0.0508. The number of carbonyl (C=O) groups is 3. The summed E-state index contributed by atoms with van der Waals surface area (Å²) in [6, 6.07) is 16.8.